The van der Waals surface area contributed by atoms with Gasteiger partial charge in [0.25, 0.3) is 0 Å². The van der Waals surface area contributed by atoms with Gasteiger partial charge in [0.1, 0.15) is 17.5 Å². The average Bonchev–Trinajstić information content (AvgIpc) is 2.35. The lowest BCUT2D eigenvalue weighted by Crippen LogP contribution is -2.17. The largest absolute Gasteiger partial charge is 0.320 e. The second-order valence-corrected chi connectivity index (χ2v) is 5.11. The molecule has 0 aromatic heterocycles. The molecule has 0 heterocycles. The predicted octanol–water partition coefficient (Wildman–Crippen LogP) is 4.57. The molecule has 2 aromatic carbocycles. The molecule has 0 aliphatic carbocycles. The van der Waals surface area contributed by atoms with Crippen LogP contribution in [0, 0.1) is 17.5 Å². The Morgan fingerprint density at radius 3 is 2.21 bits per heavy atom. The molecule has 0 saturated heterocycles. The lowest BCUT2D eigenvalue weighted by molar-refractivity contribution is 0.533. The van der Waals surface area contributed by atoms with E-state index >= 15 is 0 Å². The van der Waals surface area contributed by atoms with Crippen LogP contribution in [-0.4, -0.2) is 0 Å². The normalized spacial score (nSPS) is 12.5. The van der Waals surface area contributed by atoms with Crippen LogP contribution in [0.2, 0.25) is 5.02 Å². The van der Waals surface area contributed by atoms with E-state index in [-0.39, 0.29) is 16.1 Å². The molecular weight excluding hydrogens is 343 g/mol. The molecule has 0 amide bonds. The third-order valence-electron chi connectivity index (χ3n) is 2.71. The van der Waals surface area contributed by atoms with Gasteiger partial charge in [-0.1, -0.05) is 23.7 Å². The van der Waals surface area contributed by atoms with E-state index in [0.29, 0.717) is 4.47 Å². The maximum Gasteiger partial charge on any atom is 0.148 e. The molecule has 2 aromatic rings. The van der Waals surface area contributed by atoms with Crippen LogP contribution < -0.4 is 5.73 Å². The second kappa shape index (κ2) is 5.53. The molecule has 0 radical (unpaired) electrons. The smallest absolute Gasteiger partial charge is 0.148 e. The van der Waals surface area contributed by atoms with Crippen molar-refractivity contribution >= 4 is 27.5 Å². The second-order valence-electron chi connectivity index (χ2n) is 3.88. The summed E-state index contributed by atoms with van der Waals surface area (Å²) in [5.74, 6) is -2.46. The number of hydrogen-bond acceptors (Lipinski definition) is 1. The Labute approximate surface area is 121 Å². The Morgan fingerprint density at radius 2 is 1.63 bits per heavy atom. The molecule has 1 unspecified atom stereocenters. The monoisotopic (exact) mass is 349 g/mol. The first-order chi connectivity index (χ1) is 8.93. The van der Waals surface area contributed by atoms with Crippen LogP contribution in [-0.2, 0) is 0 Å². The Balaban J connectivity index is 2.57. The molecule has 2 N–H and O–H groups in total. The molecule has 100 valence electrons. The Morgan fingerprint density at radius 1 is 1.05 bits per heavy atom. The van der Waals surface area contributed by atoms with E-state index in [2.05, 4.69) is 15.9 Å². The van der Waals surface area contributed by atoms with E-state index in [0.717, 1.165) is 12.1 Å². The van der Waals surface area contributed by atoms with Crippen molar-refractivity contribution in [2.75, 3.05) is 0 Å². The maximum absolute atomic E-state index is 14.0. The quantitative estimate of drug-likeness (QED) is 0.789. The summed E-state index contributed by atoms with van der Waals surface area (Å²) in [5.41, 5.74) is 5.28. The van der Waals surface area contributed by atoms with Gasteiger partial charge in [0, 0.05) is 15.6 Å². The van der Waals surface area contributed by atoms with E-state index in [1.807, 2.05) is 0 Å². The van der Waals surface area contributed by atoms with Gasteiger partial charge in [-0.25, -0.2) is 13.2 Å². The number of benzene rings is 2. The fourth-order valence-corrected chi connectivity index (χ4v) is 2.22. The summed E-state index contributed by atoms with van der Waals surface area (Å²) in [6.07, 6.45) is 0. The molecule has 0 spiro atoms. The maximum atomic E-state index is 14.0. The summed E-state index contributed by atoms with van der Waals surface area (Å²) >= 11 is 8.78. The van der Waals surface area contributed by atoms with Crippen molar-refractivity contribution in [2.24, 2.45) is 5.73 Å². The Bertz CT molecular complexity index is 613. The van der Waals surface area contributed by atoms with Gasteiger partial charge in [-0.15, -0.1) is 0 Å². The summed E-state index contributed by atoms with van der Waals surface area (Å²) in [5, 5.41) is -0.176. The zero-order valence-electron chi connectivity index (χ0n) is 9.43. The summed E-state index contributed by atoms with van der Waals surface area (Å²) in [4.78, 5) is 0. The van der Waals surface area contributed by atoms with Crippen LogP contribution in [0.3, 0.4) is 0 Å². The first kappa shape index (κ1) is 14.4. The first-order valence-corrected chi connectivity index (χ1v) is 6.43. The highest BCUT2D eigenvalue weighted by atomic mass is 79.9. The molecule has 0 fully saturated rings. The van der Waals surface area contributed by atoms with Crippen LogP contribution in [0.5, 0.6) is 0 Å². The third-order valence-corrected chi connectivity index (χ3v) is 3.97. The molecular formula is C13H8BrClF3N. The van der Waals surface area contributed by atoms with Gasteiger partial charge < -0.3 is 5.73 Å². The average molecular weight is 351 g/mol. The van der Waals surface area contributed by atoms with Crippen LogP contribution in [0.25, 0.3) is 0 Å². The highest BCUT2D eigenvalue weighted by Gasteiger charge is 2.22. The van der Waals surface area contributed by atoms with Crippen LogP contribution >= 0.6 is 27.5 Å². The van der Waals surface area contributed by atoms with Gasteiger partial charge in [-0.3, -0.25) is 0 Å². The zero-order chi connectivity index (χ0) is 14.2. The molecule has 0 bridgehead atoms. The molecule has 0 saturated carbocycles. The summed E-state index contributed by atoms with van der Waals surface area (Å²) < 4.78 is 41.5. The minimum Gasteiger partial charge on any atom is -0.320 e. The first-order valence-electron chi connectivity index (χ1n) is 5.26. The number of halogens is 5. The summed E-state index contributed by atoms with van der Waals surface area (Å²) in [6.45, 7) is 0. The van der Waals surface area contributed by atoms with Gasteiger partial charge in [0.05, 0.1) is 11.1 Å². The van der Waals surface area contributed by atoms with Crippen molar-refractivity contribution in [3.63, 3.8) is 0 Å². The lowest BCUT2D eigenvalue weighted by atomic mass is 9.98. The highest BCUT2D eigenvalue weighted by Crippen LogP contribution is 2.33. The minimum atomic E-state index is -1.27. The number of nitrogens with two attached hydrogens (primary N) is 1. The van der Waals surface area contributed by atoms with Crippen molar-refractivity contribution in [1.29, 1.82) is 0 Å². The van der Waals surface area contributed by atoms with Crippen molar-refractivity contribution in [2.45, 2.75) is 6.04 Å². The topological polar surface area (TPSA) is 26.0 Å². The van der Waals surface area contributed by atoms with Gasteiger partial charge in [-0.2, -0.15) is 0 Å². The van der Waals surface area contributed by atoms with Crippen molar-refractivity contribution in [1.82, 2.24) is 0 Å². The molecule has 0 aliphatic heterocycles. The van der Waals surface area contributed by atoms with Crippen LogP contribution in [0.15, 0.2) is 34.8 Å². The summed E-state index contributed by atoms with van der Waals surface area (Å²) in [7, 11) is 0. The Hall–Kier alpha value is -1.04. The lowest BCUT2D eigenvalue weighted by Gasteiger charge is -2.16. The predicted molar refractivity (Wildman–Crippen MR) is 71.5 cm³/mol. The molecule has 1 atom stereocenters. The van der Waals surface area contributed by atoms with Gasteiger partial charge in [-0.05, 0) is 34.1 Å². The summed E-state index contributed by atoms with van der Waals surface area (Å²) in [6, 6.07) is 4.88. The number of hydrogen-bond donors (Lipinski definition) is 1. The molecule has 19 heavy (non-hydrogen) atoms. The van der Waals surface area contributed by atoms with Crippen molar-refractivity contribution < 1.29 is 13.2 Å². The van der Waals surface area contributed by atoms with E-state index in [1.54, 1.807) is 0 Å². The van der Waals surface area contributed by atoms with E-state index in [1.165, 1.54) is 18.2 Å². The Kier molecular flexibility index (Phi) is 4.18. The van der Waals surface area contributed by atoms with Gasteiger partial charge in [0.2, 0.25) is 0 Å². The third kappa shape index (κ3) is 2.63. The van der Waals surface area contributed by atoms with Crippen molar-refractivity contribution in [3.8, 4) is 0 Å². The molecule has 6 heteroatoms. The molecule has 0 aliphatic rings. The fraction of sp³-hybridized carbons (Fsp3) is 0.0769. The number of rotatable bonds is 2. The van der Waals surface area contributed by atoms with Crippen molar-refractivity contribution in [3.05, 3.63) is 68.4 Å². The van der Waals surface area contributed by atoms with Gasteiger partial charge >= 0.3 is 0 Å². The fourth-order valence-electron chi connectivity index (χ4n) is 1.74. The molecule has 1 nitrogen and oxygen atoms in total. The minimum absolute atomic E-state index is 0.0720. The molecule has 2 rings (SSSR count). The van der Waals surface area contributed by atoms with E-state index < -0.39 is 23.5 Å². The van der Waals surface area contributed by atoms with E-state index in [4.69, 9.17) is 17.3 Å². The van der Waals surface area contributed by atoms with Crippen LogP contribution in [0.1, 0.15) is 17.2 Å². The zero-order valence-corrected chi connectivity index (χ0v) is 11.8. The standard InChI is InChI=1S/C13H8BrClF3N/c14-7-5-4-6(12(18)11(7)15)13(19)10-8(16)2-1-3-9(10)17/h1-5,13H,19H2. The van der Waals surface area contributed by atoms with E-state index in [9.17, 15) is 13.2 Å². The van der Waals surface area contributed by atoms with Gasteiger partial charge in [0.15, 0.2) is 0 Å². The highest BCUT2D eigenvalue weighted by molar-refractivity contribution is 9.10. The van der Waals surface area contributed by atoms with Crippen LogP contribution in [0.4, 0.5) is 13.2 Å². The SMILES string of the molecule is NC(c1ccc(Br)c(Cl)c1F)c1c(F)cccc1F.